The van der Waals surface area contributed by atoms with Crippen molar-refractivity contribution in [3.05, 3.63) is 68.5 Å². The van der Waals surface area contributed by atoms with E-state index in [4.69, 9.17) is 5.14 Å². The van der Waals surface area contributed by atoms with E-state index in [0.29, 0.717) is 36.5 Å². The number of fused-ring (bicyclic) bond motifs is 1. The molecule has 3 N–H and O–H groups in total. The van der Waals surface area contributed by atoms with Gasteiger partial charge in [-0.3, -0.25) is 19.9 Å². The van der Waals surface area contributed by atoms with Crippen LogP contribution >= 0.6 is 0 Å². The van der Waals surface area contributed by atoms with Gasteiger partial charge in [0.2, 0.25) is 15.5 Å². The highest BCUT2D eigenvalue weighted by Gasteiger charge is 2.32. The molecule has 1 aliphatic carbocycles. The number of carboxylic acid groups (broad SMARTS) is 1. The Morgan fingerprint density at radius 2 is 1.87 bits per heavy atom. The number of benzene rings is 2. The number of hydrogen-bond acceptors (Lipinski definition) is 9. The minimum Gasteiger partial charge on any atom is -0.477 e. The normalized spacial score (nSPS) is 18.2. The zero-order valence-corrected chi connectivity index (χ0v) is 21.6. The molecule has 2 heterocycles. The first-order valence-electron chi connectivity index (χ1n) is 12.1. The molecular formula is C24H25N7O7S. The third kappa shape index (κ3) is 5.18. The first kappa shape index (κ1) is 26.2. The number of carbonyl (C=O) groups is 1. The minimum atomic E-state index is -3.81. The lowest BCUT2D eigenvalue weighted by Gasteiger charge is -2.38. The van der Waals surface area contributed by atoms with Crippen molar-refractivity contribution in [2.24, 2.45) is 15.5 Å². The molecule has 2 aromatic carbocycles. The van der Waals surface area contributed by atoms with E-state index >= 15 is 0 Å². The molecular weight excluding hydrogens is 530 g/mol. The summed E-state index contributed by atoms with van der Waals surface area (Å²) in [7, 11) is -3.81. The molecule has 1 unspecified atom stereocenters. The quantitative estimate of drug-likeness (QED) is 0.250. The van der Waals surface area contributed by atoms with Gasteiger partial charge in [0.25, 0.3) is 5.69 Å². The maximum Gasteiger partial charge on any atom is 0.341 e. The summed E-state index contributed by atoms with van der Waals surface area (Å²) in [6.07, 6.45) is 2.99. The molecule has 0 spiro atoms. The molecule has 1 atom stereocenters. The molecule has 0 bridgehead atoms. The number of nitro benzene ring substituents is 1. The summed E-state index contributed by atoms with van der Waals surface area (Å²) in [4.78, 5) is 37.8. The minimum absolute atomic E-state index is 0.00573. The highest BCUT2D eigenvalue weighted by atomic mass is 32.2. The predicted molar refractivity (Wildman–Crippen MR) is 141 cm³/mol. The molecule has 39 heavy (non-hydrogen) atoms. The fourth-order valence-electron chi connectivity index (χ4n) is 4.69. The number of nitrogens with zero attached hydrogens (tertiary/aromatic N) is 6. The first-order valence-corrected chi connectivity index (χ1v) is 13.7. The van der Waals surface area contributed by atoms with Crippen LogP contribution in [0.15, 0.2) is 62.6 Å². The Kier molecular flexibility index (Phi) is 6.56. The Bertz CT molecular complexity index is 1680. The third-order valence-electron chi connectivity index (χ3n) is 6.87. The number of sulfonamides is 1. The molecule has 0 radical (unpaired) electrons. The molecule has 1 saturated carbocycles. The van der Waals surface area contributed by atoms with Crippen LogP contribution in [0.1, 0.15) is 36.2 Å². The van der Waals surface area contributed by atoms with Crippen molar-refractivity contribution in [3.8, 4) is 0 Å². The molecule has 204 valence electrons. The monoisotopic (exact) mass is 555 g/mol. The molecule has 0 amide bonds. The number of primary sulfonamides is 1. The second-order valence-electron chi connectivity index (χ2n) is 9.62. The van der Waals surface area contributed by atoms with Crippen LogP contribution in [0.2, 0.25) is 0 Å². The number of nitro groups is 1. The smallest absolute Gasteiger partial charge is 0.341 e. The van der Waals surface area contributed by atoms with Crippen LogP contribution in [0.3, 0.4) is 0 Å². The van der Waals surface area contributed by atoms with Gasteiger partial charge in [-0.25, -0.2) is 18.4 Å². The van der Waals surface area contributed by atoms with E-state index < -0.39 is 31.9 Å². The predicted octanol–water partition coefficient (Wildman–Crippen LogP) is 2.80. The summed E-state index contributed by atoms with van der Waals surface area (Å²) < 4.78 is 24.6. The van der Waals surface area contributed by atoms with Crippen LogP contribution in [-0.4, -0.2) is 59.7 Å². The molecule has 15 heteroatoms. The molecule has 1 aliphatic heterocycles. The second kappa shape index (κ2) is 9.74. The number of pyridine rings is 1. The largest absolute Gasteiger partial charge is 0.477 e. The molecule has 1 saturated heterocycles. The molecule has 3 aromatic rings. The van der Waals surface area contributed by atoms with E-state index in [-0.39, 0.29) is 28.1 Å². The number of rotatable bonds is 7. The summed E-state index contributed by atoms with van der Waals surface area (Å²) in [5.41, 5.74) is -0.206. The van der Waals surface area contributed by atoms with Gasteiger partial charge in [-0.1, -0.05) is 5.22 Å². The van der Waals surface area contributed by atoms with Gasteiger partial charge in [-0.05, 0) is 50.1 Å². The number of anilines is 1. The topological polar surface area (TPSA) is 194 Å². The van der Waals surface area contributed by atoms with Gasteiger partial charge < -0.3 is 14.6 Å². The van der Waals surface area contributed by atoms with Crippen molar-refractivity contribution in [2.45, 2.75) is 36.7 Å². The maximum atomic E-state index is 12.9. The van der Waals surface area contributed by atoms with Crippen LogP contribution in [-0.2, 0) is 10.0 Å². The molecule has 2 aliphatic rings. The van der Waals surface area contributed by atoms with Crippen molar-refractivity contribution in [3.63, 3.8) is 0 Å². The first-order chi connectivity index (χ1) is 18.4. The second-order valence-corrected chi connectivity index (χ2v) is 11.2. The van der Waals surface area contributed by atoms with E-state index in [1.165, 1.54) is 36.5 Å². The Balaban J connectivity index is 1.43. The van der Waals surface area contributed by atoms with E-state index in [1.807, 2.05) is 11.8 Å². The Hall–Kier alpha value is -4.37. The van der Waals surface area contributed by atoms with Gasteiger partial charge in [0.05, 0.1) is 39.0 Å². The average molecular weight is 556 g/mol. The average Bonchev–Trinajstić information content (AvgIpc) is 3.72. The molecule has 2 fully saturated rings. The lowest BCUT2D eigenvalue weighted by atomic mass is 10.1. The summed E-state index contributed by atoms with van der Waals surface area (Å²) >= 11 is 0. The van der Waals surface area contributed by atoms with Crippen LogP contribution < -0.4 is 15.5 Å². The highest BCUT2D eigenvalue weighted by Crippen LogP contribution is 2.40. The van der Waals surface area contributed by atoms with Gasteiger partial charge in [0, 0.05) is 31.4 Å². The van der Waals surface area contributed by atoms with Gasteiger partial charge in [-0.15, -0.1) is 5.11 Å². The van der Waals surface area contributed by atoms with Gasteiger partial charge >= 0.3 is 5.97 Å². The van der Waals surface area contributed by atoms with E-state index in [1.54, 1.807) is 15.6 Å². The lowest BCUT2D eigenvalue weighted by molar-refractivity contribution is -0.384. The van der Waals surface area contributed by atoms with Crippen LogP contribution in [0.25, 0.3) is 10.9 Å². The zero-order chi connectivity index (χ0) is 28.1. The summed E-state index contributed by atoms with van der Waals surface area (Å²) in [5, 5.41) is 36.8. The van der Waals surface area contributed by atoms with E-state index in [2.05, 4.69) is 10.3 Å². The van der Waals surface area contributed by atoms with Gasteiger partial charge in [0.1, 0.15) is 11.3 Å². The highest BCUT2D eigenvalue weighted by molar-refractivity contribution is 7.89. The number of nitrogens with two attached hydrogens (primary N) is 1. The van der Waals surface area contributed by atoms with E-state index in [9.17, 15) is 33.2 Å². The number of aromatic nitrogens is 1. The van der Waals surface area contributed by atoms with Crippen molar-refractivity contribution in [1.29, 1.82) is 0 Å². The molecule has 5 rings (SSSR count). The Labute approximate surface area is 222 Å². The number of aromatic carboxylic acids is 1. The number of carboxylic acids is 1. The van der Waals surface area contributed by atoms with E-state index in [0.717, 1.165) is 12.8 Å². The fourth-order valence-corrected chi connectivity index (χ4v) is 5.21. The number of piperazine rings is 1. The standard InChI is InChI=1S/C24H25N7O7S/c1-14-12-28(8-9-30(14)27-26-15-2-6-17(7-3-15)39(25,37)38)21-11-20-18(10-22(21)31(35)36)23(32)19(24(33)34)13-29(20)16-4-5-16/h2-3,6-7,10-11,13-14,16H,4-5,8-9,12H2,1H3,(H,33,34)(H2,25,37,38). The lowest BCUT2D eigenvalue weighted by Crippen LogP contribution is -2.49. The summed E-state index contributed by atoms with van der Waals surface area (Å²) in [6, 6.07) is 8.28. The van der Waals surface area contributed by atoms with Crippen LogP contribution in [0.5, 0.6) is 0 Å². The number of hydrogen-bond donors (Lipinski definition) is 2. The van der Waals surface area contributed by atoms with Crippen molar-refractivity contribution >= 4 is 44.0 Å². The Morgan fingerprint density at radius 3 is 2.44 bits per heavy atom. The van der Waals surface area contributed by atoms with Crippen molar-refractivity contribution in [2.75, 3.05) is 24.5 Å². The summed E-state index contributed by atoms with van der Waals surface area (Å²) in [6.45, 7) is 3.03. The van der Waals surface area contributed by atoms with Crippen LogP contribution in [0.4, 0.5) is 17.1 Å². The SMILES string of the molecule is CC1CN(c2cc3c(cc2[N+](=O)[O-])c(=O)c(C(=O)O)cn3C2CC2)CCN1N=Nc1ccc(S(N)(=O)=O)cc1. The zero-order valence-electron chi connectivity index (χ0n) is 20.8. The van der Waals surface area contributed by atoms with Crippen molar-refractivity contribution in [1.82, 2.24) is 9.58 Å². The summed E-state index contributed by atoms with van der Waals surface area (Å²) in [5.74, 6) is -1.37. The maximum absolute atomic E-state index is 12.9. The van der Waals surface area contributed by atoms with Crippen LogP contribution in [0, 0.1) is 10.1 Å². The van der Waals surface area contributed by atoms with Crippen molar-refractivity contribution < 1.29 is 23.2 Å². The Morgan fingerprint density at radius 1 is 1.18 bits per heavy atom. The fraction of sp³-hybridized carbons (Fsp3) is 0.333. The third-order valence-corrected chi connectivity index (χ3v) is 7.80. The van der Waals surface area contributed by atoms with Gasteiger partial charge in [-0.2, -0.15) is 0 Å². The molecule has 1 aromatic heterocycles. The van der Waals surface area contributed by atoms with Gasteiger partial charge in [0.15, 0.2) is 0 Å². The molecule has 14 nitrogen and oxygen atoms in total.